The van der Waals surface area contributed by atoms with E-state index >= 15 is 0 Å². The molecule has 2 fully saturated rings. The molecule has 0 spiro atoms. The molecule has 2 heterocycles. The number of halogens is 3. The maximum absolute atomic E-state index is 12.8. The summed E-state index contributed by atoms with van der Waals surface area (Å²) in [5.41, 5.74) is -0.270. The predicted octanol–water partition coefficient (Wildman–Crippen LogP) is 3.42. The standard InChI is InChI=1S/C18H20F3N3O/c19-18(20,21)15-3-4-16(14(11-15)12-22)23-9-5-13(6-10-23)17(25)24-7-1-2-8-24/h3-4,11,13H,1-2,5-10H2. The van der Waals surface area contributed by atoms with Crippen LogP contribution in [0.25, 0.3) is 0 Å². The summed E-state index contributed by atoms with van der Waals surface area (Å²) in [6.45, 7) is 2.81. The van der Waals surface area contributed by atoms with Gasteiger partial charge in [-0.05, 0) is 43.9 Å². The lowest BCUT2D eigenvalue weighted by Gasteiger charge is -2.35. The fourth-order valence-electron chi connectivity index (χ4n) is 3.64. The van der Waals surface area contributed by atoms with Gasteiger partial charge < -0.3 is 9.80 Å². The van der Waals surface area contributed by atoms with E-state index in [1.165, 1.54) is 6.07 Å². The molecule has 0 aromatic heterocycles. The minimum Gasteiger partial charge on any atom is -0.370 e. The van der Waals surface area contributed by atoms with Crippen molar-refractivity contribution in [1.82, 2.24) is 4.90 Å². The molecule has 1 aromatic carbocycles. The van der Waals surface area contributed by atoms with E-state index in [0.717, 1.165) is 38.1 Å². The Morgan fingerprint density at radius 1 is 1.12 bits per heavy atom. The molecule has 4 nitrogen and oxygen atoms in total. The van der Waals surface area contributed by atoms with Crippen LogP contribution in [-0.4, -0.2) is 37.0 Å². The molecule has 1 amide bonds. The first-order valence-electron chi connectivity index (χ1n) is 8.55. The average molecular weight is 351 g/mol. The van der Waals surface area contributed by atoms with E-state index in [-0.39, 0.29) is 17.4 Å². The van der Waals surface area contributed by atoms with Gasteiger partial charge in [-0.25, -0.2) is 0 Å². The molecule has 3 rings (SSSR count). The first-order chi connectivity index (χ1) is 11.9. The van der Waals surface area contributed by atoms with Crippen LogP contribution in [0.5, 0.6) is 0 Å². The van der Waals surface area contributed by atoms with E-state index in [1.807, 2.05) is 15.9 Å². The van der Waals surface area contributed by atoms with Crippen molar-refractivity contribution < 1.29 is 18.0 Å². The van der Waals surface area contributed by atoms with Crippen LogP contribution in [0.4, 0.5) is 18.9 Å². The number of nitriles is 1. The minimum absolute atomic E-state index is 0.0191. The predicted molar refractivity (Wildman–Crippen MR) is 86.9 cm³/mol. The van der Waals surface area contributed by atoms with Crippen LogP contribution in [0, 0.1) is 17.2 Å². The van der Waals surface area contributed by atoms with E-state index in [4.69, 9.17) is 0 Å². The number of amides is 1. The van der Waals surface area contributed by atoms with Crippen LogP contribution in [-0.2, 0) is 11.0 Å². The van der Waals surface area contributed by atoms with Crippen molar-refractivity contribution in [2.24, 2.45) is 5.92 Å². The molecule has 2 aliphatic rings. The number of alkyl halides is 3. The summed E-state index contributed by atoms with van der Waals surface area (Å²) in [4.78, 5) is 16.3. The highest BCUT2D eigenvalue weighted by Gasteiger charge is 2.33. The second-order valence-corrected chi connectivity index (χ2v) is 6.64. The normalized spacial score (nSPS) is 19.1. The Morgan fingerprint density at radius 2 is 1.76 bits per heavy atom. The molecule has 1 aromatic rings. The summed E-state index contributed by atoms with van der Waals surface area (Å²) < 4.78 is 38.4. The maximum Gasteiger partial charge on any atom is 0.416 e. The first kappa shape index (κ1) is 17.6. The lowest BCUT2D eigenvalue weighted by Crippen LogP contribution is -2.41. The zero-order valence-electron chi connectivity index (χ0n) is 13.9. The van der Waals surface area contributed by atoms with Crippen molar-refractivity contribution in [3.63, 3.8) is 0 Å². The smallest absolute Gasteiger partial charge is 0.370 e. The van der Waals surface area contributed by atoms with Gasteiger partial charge in [-0.3, -0.25) is 4.79 Å². The second-order valence-electron chi connectivity index (χ2n) is 6.64. The fourth-order valence-corrected chi connectivity index (χ4v) is 3.64. The quantitative estimate of drug-likeness (QED) is 0.820. The van der Waals surface area contributed by atoms with Gasteiger partial charge in [0, 0.05) is 32.1 Å². The largest absolute Gasteiger partial charge is 0.416 e. The molecule has 7 heteroatoms. The molecule has 0 bridgehead atoms. The van der Waals surface area contributed by atoms with Crippen molar-refractivity contribution in [1.29, 1.82) is 5.26 Å². The highest BCUT2D eigenvalue weighted by atomic mass is 19.4. The third-order valence-corrected chi connectivity index (χ3v) is 5.05. The van der Waals surface area contributed by atoms with Gasteiger partial charge in [-0.2, -0.15) is 18.4 Å². The highest BCUT2D eigenvalue weighted by Crippen LogP contribution is 2.34. The molecule has 2 aliphatic heterocycles. The van der Waals surface area contributed by atoms with Gasteiger partial charge in [0.2, 0.25) is 5.91 Å². The summed E-state index contributed by atoms with van der Waals surface area (Å²) >= 11 is 0. The van der Waals surface area contributed by atoms with Gasteiger partial charge in [0.25, 0.3) is 0 Å². The number of nitrogens with zero attached hydrogens (tertiary/aromatic N) is 3. The number of carbonyl (C=O) groups is 1. The Kier molecular flexibility index (Phi) is 4.89. The number of rotatable bonds is 2. The number of hydrogen-bond donors (Lipinski definition) is 0. The third kappa shape index (κ3) is 3.73. The SMILES string of the molecule is N#Cc1cc(C(F)(F)F)ccc1N1CCC(C(=O)N2CCCC2)CC1. The number of anilines is 1. The summed E-state index contributed by atoms with van der Waals surface area (Å²) in [7, 11) is 0. The zero-order valence-corrected chi connectivity index (χ0v) is 13.9. The Balaban J connectivity index is 1.68. The van der Waals surface area contributed by atoms with Crippen molar-refractivity contribution in [3.05, 3.63) is 29.3 Å². The molecule has 0 radical (unpaired) electrons. The van der Waals surface area contributed by atoms with Gasteiger partial charge >= 0.3 is 6.18 Å². The third-order valence-electron chi connectivity index (χ3n) is 5.05. The Labute approximate surface area is 144 Å². The molecule has 0 N–H and O–H groups in total. The summed E-state index contributed by atoms with van der Waals surface area (Å²) in [6.07, 6.45) is -1.01. The number of hydrogen-bond acceptors (Lipinski definition) is 3. The number of likely N-dealkylation sites (tertiary alicyclic amines) is 1. The zero-order chi connectivity index (χ0) is 18.0. The fraction of sp³-hybridized carbons (Fsp3) is 0.556. The molecule has 134 valence electrons. The van der Waals surface area contributed by atoms with Crippen molar-refractivity contribution >= 4 is 11.6 Å². The van der Waals surface area contributed by atoms with Gasteiger partial charge in [0.1, 0.15) is 6.07 Å². The van der Waals surface area contributed by atoms with Crippen LogP contribution < -0.4 is 4.90 Å². The van der Waals surface area contributed by atoms with E-state index in [9.17, 15) is 23.2 Å². The summed E-state index contributed by atoms with van der Waals surface area (Å²) in [6, 6.07) is 5.14. The van der Waals surface area contributed by atoms with Crippen molar-refractivity contribution in [2.75, 3.05) is 31.1 Å². The van der Waals surface area contributed by atoms with E-state index in [0.29, 0.717) is 31.6 Å². The molecule has 0 unspecified atom stereocenters. The molecule has 2 saturated heterocycles. The van der Waals surface area contributed by atoms with E-state index in [2.05, 4.69) is 0 Å². The van der Waals surface area contributed by atoms with Crippen molar-refractivity contribution in [2.45, 2.75) is 31.9 Å². The lowest BCUT2D eigenvalue weighted by molar-refractivity contribution is -0.137. The second kappa shape index (κ2) is 6.95. The first-order valence-corrected chi connectivity index (χ1v) is 8.55. The molecule has 0 saturated carbocycles. The summed E-state index contributed by atoms with van der Waals surface area (Å²) in [5.74, 6) is 0.180. The van der Waals surface area contributed by atoms with Gasteiger partial charge in [-0.1, -0.05) is 0 Å². The van der Waals surface area contributed by atoms with Crippen molar-refractivity contribution in [3.8, 4) is 6.07 Å². The Bertz CT molecular complexity index is 682. The van der Waals surface area contributed by atoms with Crippen LogP contribution >= 0.6 is 0 Å². The molecule has 0 atom stereocenters. The number of benzene rings is 1. The van der Waals surface area contributed by atoms with E-state index < -0.39 is 11.7 Å². The van der Waals surface area contributed by atoms with E-state index in [1.54, 1.807) is 0 Å². The Morgan fingerprint density at radius 3 is 2.32 bits per heavy atom. The topological polar surface area (TPSA) is 47.3 Å². The van der Waals surface area contributed by atoms with Gasteiger partial charge in [0.15, 0.2) is 0 Å². The molecule has 25 heavy (non-hydrogen) atoms. The van der Waals surface area contributed by atoms with Crippen LogP contribution in [0.1, 0.15) is 36.8 Å². The Hall–Kier alpha value is -2.23. The van der Waals surface area contributed by atoms with Crippen LogP contribution in [0.2, 0.25) is 0 Å². The molecular formula is C18H20F3N3O. The minimum atomic E-state index is -4.46. The van der Waals surface area contributed by atoms with Gasteiger partial charge in [0.05, 0.1) is 16.8 Å². The summed E-state index contributed by atoms with van der Waals surface area (Å²) in [5, 5.41) is 9.22. The monoisotopic (exact) mass is 351 g/mol. The average Bonchev–Trinajstić information content (AvgIpc) is 3.14. The maximum atomic E-state index is 12.8. The van der Waals surface area contributed by atoms with Crippen LogP contribution in [0.15, 0.2) is 18.2 Å². The molecular weight excluding hydrogens is 331 g/mol. The molecule has 0 aliphatic carbocycles. The number of piperidine rings is 1. The lowest BCUT2D eigenvalue weighted by atomic mass is 9.94. The van der Waals surface area contributed by atoms with Crippen LogP contribution in [0.3, 0.4) is 0 Å². The number of carbonyl (C=O) groups excluding carboxylic acids is 1. The highest BCUT2D eigenvalue weighted by molar-refractivity contribution is 5.79. The van der Waals surface area contributed by atoms with Gasteiger partial charge in [-0.15, -0.1) is 0 Å².